The van der Waals surface area contributed by atoms with Crippen LogP contribution in [0.3, 0.4) is 0 Å². The molecule has 3 N–H and O–H groups in total. The zero-order valence-electron chi connectivity index (χ0n) is 23.6. The molecule has 2 saturated heterocycles. The van der Waals surface area contributed by atoms with Gasteiger partial charge in [-0.1, -0.05) is 0 Å². The number of carbonyl (C=O) groups is 1. The molecule has 2 aliphatic rings. The number of benzene rings is 1. The lowest BCUT2D eigenvalue weighted by molar-refractivity contribution is 0.122. The fraction of sp³-hybridized carbons (Fsp3) is 0.370. The van der Waals surface area contributed by atoms with Gasteiger partial charge in [0, 0.05) is 68.0 Å². The van der Waals surface area contributed by atoms with E-state index in [4.69, 9.17) is 19.7 Å². The van der Waals surface area contributed by atoms with Gasteiger partial charge in [-0.05, 0) is 36.4 Å². The molecule has 43 heavy (non-hydrogen) atoms. The van der Waals surface area contributed by atoms with E-state index in [2.05, 4.69) is 36.7 Å². The van der Waals surface area contributed by atoms with Crippen LogP contribution in [0.2, 0.25) is 0 Å². The molecule has 16 heteroatoms. The highest BCUT2D eigenvalue weighted by atomic mass is 32.2. The van der Waals surface area contributed by atoms with Crippen molar-refractivity contribution >= 4 is 44.8 Å². The molecule has 0 aliphatic carbocycles. The molecule has 1 aromatic carbocycles. The summed E-state index contributed by atoms with van der Waals surface area (Å²) in [5.74, 6) is 2.21. The Hall–Kier alpha value is -3.96. The maximum Gasteiger partial charge on any atom is 0.324 e. The number of urea groups is 1. The Kier molecular flexibility index (Phi) is 8.62. The van der Waals surface area contributed by atoms with E-state index >= 15 is 0 Å². The number of hydrogen-bond donors (Lipinski definition) is 3. The Labute approximate surface area is 253 Å². The first-order chi connectivity index (χ1) is 20.8. The fourth-order valence-corrected chi connectivity index (χ4v) is 6.66. The number of hydrogen-bond acceptors (Lipinski definition) is 11. The van der Waals surface area contributed by atoms with Gasteiger partial charge in [-0.25, -0.2) is 18.2 Å². The molecule has 2 fully saturated rings. The summed E-state index contributed by atoms with van der Waals surface area (Å²) in [6.07, 6.45) is 2.82. The first-order valence-corrected chi connectivity index (χ1v) is 16.5. The number of aromatic amines is 1. The third-order valence-corrected chi connectivity index (χ3v) is 9.50. The minimum atomic E-state index is -3.16. The van der Waals surface area contributed by atoms with E-state index < -0.39 is 10.0 Å². The highest BCUT2D eigenvalue weighted by molar-refractivity contribution is 7.88. The van der Waals surface area contributed by atoms with Crippen LogP contribution in [0.5, 0.6) is 0 Å². The molecule has 5 heterocycles. The van der Waals surface area contributed by atoms with Crippen molar-refractivity contribution in [2.45, 2.75) is 6.54 Å². The molecule has 4 aromatic rings. The summed E-state index contributed by atoms with van der Waals surface area (Å²) in [5, 5.41) is 12.0. The summed E-state index contributed by atoms with van der Waals surface area (Å²) in [6, 6.07) is 12.7. The van der Waals surface area contributed by atoms with Crippen molar-refractivity contribution in [3.05, 3.63) is 53.5 Å². The lowest BCUT2D eigenvalue weighted by Crippen LogP contribution is -2.47. The van der Waals surface area contributed by atoms with Crippen molar-refractivity contribution in [1.29, 1.82) is 0 Å². The number of thiophene rings is 1. The smallest absolute Gasteiger partial charge is 0.324 e. The van der Waals surface area contributed by atoms with E-state index in [0.29, 0.717) is 81.6 Å². The average Bonchev–Trinajstić information content (AvgIpc) is 3.70. The summed E-state index contributed by atoms with van der Waals surface area (Å²) in [5.41, 5.74) is 1.40. The van der Waals surface area contributed by atoms with Gasteiger partial charge in [0.05, 0.1) is 30.5 Å². The number of sulfonamides is 1. The normalized spacial score (nSPS) is 16.7. The number of nitrogens with zero attached hydrogens (tertiary/aromatic N) is 7. The van der Waals surface area contributed by atoms with Gasteiger partial charge >= 0.3 is 6.03 Å². The Morgan fingerprint density at radius 3 is 2.37 bits per heavy atom. The lowest BCUT2D eigenvalue weighted by atomic mass is 10.2. The maximum atomic E-state index is 12.3. The van der Waals surface area contributed by atoms with Crippen molar-refractivity contribution < 1.29 is 17.9 Å². The van der Waals surface area contributed by atoms with E-state index in [-0.39, 0.29) is 6.03 Å². The van der Waals surface area contributed by atoms with Gasteiger partial charge in [0.15, 0.2) is 11.6 Å². The Balaban J connectivity index is 1.20. The van der Waals surface area contributed by atoms with E-state index in [9.17, 15) is 13.2 Å². The largest absolute Gasteiger partial charge is 0.378 e. The van der Waals surface area contributed by atoms with Crippen molar-refractivity contribution in [2.24, 2.45) is 0 Å². The van der Waals surface area contributed by atoms with Gasteiger partial charge in [-0.2, -0.15) is 19.4 Å². The van der Waals surface area contributed by atoms with Gasteiger partial charge in [0.2, 0.25) is 16.0 Å². The molecule has 3 aromatic heterocycles. The summed E-state index contributed by atoms with van der Waals surface area (Å²) in [7, 11) is -3.16. The Morgan fingerprint density at radius 1 is 0.930 bits per heavy atom. The monoisotopic (exact) mass is 624 g/mol. The zero-order chi connectivity index (χ0) is 29.8. The van der Waals surface area contributed by atoms with Crippen LogP contribution < -0.4 is 15.5 Å². The molecular weight excluding hydrogens is 592 g/mol. The molecule has 0 radical (unpaired) electrons. The predicted octanol–water partition coefficient (Wildman–Crippen LogP) is 2.55. The summed E-state index contributed by atoms with van der Waals surface area (Å²) in [4.78, 5) is 33.2. The van der Waals surface area contributed by atoms with Crippen LogP contribution >= 0.6 is 11.3 Å². The second kappa shape index (κ2) is 12.7. The summed E-state index contributed by atoms with van der Waals surface area (Å²) >= 11 is 1.62. The number of ether oxygens (including phenoxy) is 1. The van der Waals surface area contributed by atoms with Crippen LogP contribution in [0.4, 0.5) is 22.2 Å². The standard InChI is InChI=1S/C27H32N10O4S2/c1-43(39,40)37-12-10-35(11-13-37)18-21-6-7-22(42-21)25-31-24(32-26(33-25)36-14-16-41-17-15-36)19-2-4-20(5-3-19)29-27(38)30-23-8-9-28-34-23/h2-9H,10-18H2,1H3,(H3,28,29,30,34,38). The average molecular weight is 625 g/mol. The number of amides is 2. The first-order valence-electron chi connectivity index (χ1n) is 13.8. The predicted molar refractivity (Wildman–Crippen MR) is 165 cm³/mol. The van der Waals surface area contributed by atoms with Gasteiger partial charge in [0.1, 0.15) is 5.82 Å². The van der Waals surface area contributed by atoms with Crippen molar-refractivity contribution in [1.82, 2.24) is 34.4 Å². The summed E-state index contributed by atoms with van der Waals surface area (Å²) < 4.78 is 30.8. The van der Waals surface area contributed by atoms with Gasteiger partial charge < -0.3 is 15.0 Å². The second-order valence-electron chi connectivity index (χ2n) is 10.2. The number of anilines is 3. The number of morpholine rings is 1. The minimum absolute atomic E-state index is 0.389. The molecular formula is C27H32N10O4S2. The number of carbonyl (C=O) groups excluding carboxylic acids is 1. The molecule has 14 nitrogen and oxygen atoms in total. The van der Waals surface area contributed by atoms with Crippen molar-refractivity contribution in [3.8, 4) is 22.1 Å². The van der Waals surface area contributed by atoms with E-state index in [1.807, 2.05) is 18.2 Å². The zero-order valence-corrected chi connectivity index (χ0v) is 25.2. The van der Waals surface area contributed by atoms with Crippen molar-refractivity contribution in [2.75, 3.05) is 74.3 Å². The Bertz CT molecular complexity index is 1650. The minimum Gasteiger partial charge on any atom is -0.378 e. The second-order valence-corrected chi connectivity index (χ2v) is 13.4. The molecule has 0 saturated carbocycles. The SMILES string of the molecule is CS(=O)(=O)N1CCN(Cc2ccc(-c3nc(-c4ccc(NC(=O)Nc5ccn[nH]5)cc4)nc(N4CCOCC4)n3)s2)CC1. The lowest BCUT2D eigenvalue weighted by Gasteiger charge is -2.32. The molecule has 0 atom stereocenters. The number of aromatic nitrogens is 5. The molecule has 0 unspecified atom stereocenters. The van der Waals surface area contributed by atoms with Gasteiger partial charge in [-0.3, -0.25) is 15.3 Å². The van der Waals surface area contributed by atoms with Crippen LogP contribution in [0, 0.1) is 0 Å². The molecule has 6 rings (SSSR count). The Morgan fingerprint density at radius 2 is 1.67 bits per heavy atom. The molecule has 0 bridgehead atoms. The van der Waals surface area contributed by atoms with E-state index in [1.54, 1.807) is 35.7 Å². The third kappa shape index (κ3) is 7.34. The highest BCUT2D eigenvalue weighted by Gasteiger charge is 2.24. The van der Waals surface area contributed by atoms with Crippen LogP contribution in [0.1, 0.15) is 4.88 Å². The van der Waals surface area contributed by atoms with Crippen LogP contribution in [-0.2, 0) is 21.3 Å². The molecule has 0 spiro atoms. The molecule has 2 aliphatic heterocycles. The van der Waals surface area contributed by atoms with Crippen LogP contribution in [0.25, 0.3) is 22.1 Å². The van der Waals surface area contributed by atoms with Crippen LogP contribution in [-0.4, -0.2) is 108 Å². The number of nitrogens with one attached hydrogen (secondary N) is 3. The highest BCUT2D eigenvalue weighted by Crippen LogP contribution is 2.30. The van der Waals surface area contributed by atoms with Crippen LogP contribution in [0.15, 0.2) is 48.7 Å². The van der Waals surface area contributed by atoms with E-state index in [1.165, 1.54) is 10.6 Å². The van der Waals surface area contributed by atoms with Crippen molar-refractivity contribution in [3.63, 3.8) is 0 Å². The number of piperazine rings is 1. The number of rotatable bonds is 8. The van der Waals surface area contributed by atoms with Gasteiger partial charge in [0.25, 0.3) is 0 Å². The van der Waals surface area contributed by atoms with E-state index in [0.717, 1.165) is 21.9 Å². The molecule has 2 amide bonds. The van der Waals surface area contributed by atoms with Gasteiger partial charge in [-0.15, -0.1) is 11.3 Å². The maximum absolute atomic E-state index is 12.3. The number of H-pyrrole nitrogens is 1. The third-order valence-electron chi connectivity index (χ3n) is 7.13. The first kappa shape index (κ1) is 29.1. The fourth-order valence-electron chi connectivity index (χ4n) is 4.84. The topological polar surface area (TPSA) is 162 Å². The quantitative estimate of drug-likeness (QED) is 0.266. The summed E-state index contributed by atoms with van der Waals surface area (Å²) in [6.45, 7) is 5.69. The molecule has 226 valence electrons.